The molecule has 1 heterocycles. The van der Waals surface area contributed by atoms with E-state index >= 15 is 0 Å². The first-order valence-corrected chi connectivity index (χ1v) is 5.08. The molecule has 1 aliphatic carbocycles. The van der Waals surface area contributed by atoms with Gasteiger partial charge in [0.25, 0.3) is 0 Å². The molecule has 0 spiro atoms. The van der Waals surface area contributed by atoms with Crippen molar-refractivity contribution in [1.29, 1.82) is 0 Å². The molecule has 5 heteroatoms. The monoisotopic (exact) mass is 222 g/mol. The number of hydrogen-bond donors (Lipinski definition) is 2. The molecule has 0 radical (unpaired) electrons. The summed E-state index contributed by atoms with van der Waals surface area (Å²) in [5.74, 6) is -0.402. The average molecular weight is 222 g/mol. The SMILES string of the molecule is COc1cc(C2(C(=O)O)CC(N)C2)ccn1. The Morgan fingerprint density at radius 1 is 1.69 bits per heavy atom. The van der Waals surface area contributed by atoms with Crippen LogP contribution in [0, 0.1) is 0 Å². The Hall–Kier alpha value is -1.62. The fourth-order valence-electron chi connectivity index (χ4n) is 2.19. The average Bonchev–Trinajstić information content (AvgIpc) is 2.24. The van der Waals surface area contributed by atoms with Gasteiger partial charge < -0.3 is 15.6 Å². The number of nitrogens with two attached hydrogens (primary N) is 1. The van der Waals surface area contributed by atoms with Gasteiger partial charge >= 0.3 is 5.97 Å². The van der Waals surface area contributed by atoms with E-state index in [0.717, 1.165) is 0 Å². The van der Waals surface area contributed by atoms with Gasteiger partial charge in [0.2, 0.25) is 5.88 Å². The quantitative estimate of drug-likeness (QED) is 0.779. The molecule has 0 amide bonds. The lowest BCUT2D eigenvalue weighted by atomic mass is 9.62. The van der Waals surface area contributed by atoms with Gasteiger partial charge in [-0.2, -0.15) is 0 Å². The molecule has 0 aromatic carbocycles. The van der Waals surface area contributed by atoms with Gasteiger partial charge in [0.05, 0.1) is 12.5 Å². The highest BCUT2D eigenvalue weighted by atomic mass is 16.5. The summed E-state index contributed by atoms with van der Waals surface area (Å²) in [6.07, 6.45) is 2.49. The van der Waals surface area contributed by atoms with Crippen LogP contribution in [0.1, 0.15) is 18.4 Å². The van der Waals surface area contributed by atoms with E-state index in [1.807, 2.05) is 0 Å². The molecule has 16 heavy (non-hydrogen) atoms. The van der Waals surface area contributed by atoms with E-state index in [9.17, 15) is 9.90 Å². The molecule has 0 saturated heterocycles. The van der Waals surface area contributed by atoms with Gasteiger partial charge in [-0.3, -0.25) is 4.79 Å². The lowest BCUT2D eigenvalue weighted by Gasteiger charge is -2.42. The van der Waals surface area contributed by atoms with Crippen LogP contribution < -0.4 is 10.5 Å². The van der Waals surface area contributed by atoms with Crippen LogP contribution in [0.5, 0.6) is 5.88 Å². The highest BCUT2D eigenvalue weighted by molar-refractivity contribution is 5.83. The number of ether oxygens (including phenoxy) is 1. The van der Waals surface area contributed by atoms with Crippen molar-refractivity contribution < 1.29 is 14.6 Å². The third kappa shape index (κ3) is 1.53. The molecule has 1 aromatic rings. The predicted octanol–water partition coefficient (Wildman–Crippen LogP) is 0.534. The lowest BCUT2D eigenvalue weighted by molar-refractivity contribution is -0.148. The minimum atomic E-state index is -0.852. The third-order valence-electron chi connectivity index (χ3n) is 3.13. The molecule has 1 aromatic heterocycles. The van der Waals surface area contributed by atoms with Gasteiger partial charge in [0, 0.05) is 18.3 Å². The number of pyridine rings is 1. The number of aromatic nitrogens is 1. The van der Waals surface area contributed by atoms with Crippen molar-refractivity contribution in [3.8, 4) is 5.88 Å². The number of aliphatic carboxylic acids is 1. The van der Waals surface area contributed by atoms with Gasteiger partial charge in [-0.15, -0.1) is 0 Å². The van der Waals surface area contributed by atoms with E-state index in [0.29, 0.717) is 24.3 Å². The normalized spacial score (nSPS) is 28.2. The maximum Gasteiger partial charge on any atom is 0.314 e. The van der Waals surface area contributed by atoms with Crippen molar-refractivity contribution in [2.24, 2.45) is 5.73 Å². The van der Waals surface area contributed by atoms with E-state index in [-0.39, 0.29) is 6.04 Å². The van der Waals surface area contributed by atoms with Gasteiger partial charge in [-0.1, -0.05) is 0 Å². The predicted molar refractivity (Wildman–Crippen MR) is 57.3 cm³/mol. The van der Waals surface area contributed by atoms with Crippen LogP contribution in [0.15, 0.2) is 18.3 Å². The summed E-state index contributed by atoms with van der Waals surface area (Å²) in [4.78, 5) is 15.3. The van der Waals surface area contributed by atoms with Crippen LogP contribution in [0.2, 0.25) is 0 Å². The van der Waals surface area contributed by atoms with Crippen LogP contribution >= 0.6 is 0 Å². The maximum atomic E-state index is 11.3. The number of carboxylic acids is 1. The minimum Gasteiger partial charge on any atom is -0.481 e. The standard InChI is InChI=1S/C11H14N2O3/c1-16-9-4-7(2-3-13-9)11(10(14)15)5-8(12)6-11/h2-4,8H,5-6,12H2,1H3,(H,14,15). The molecular weight excluding hydrogens is 208 g/mol. The molecular formula is C11H14N2O3. The van der Waals surface area contributed by atoms with Crippen molar-refractivity contribution in [3.63, 3.8) is 0 Å². The van der Waals surface area contributed by atoms with Gasteiger partial charge in [0.1, 0.15) is 0 Å². The maximum absolute atomic E-state index is 11.3. The smallest absolute Gasteiger partial charge is 0.314 e. The number of carbonyl (C=O) groups is 1. The van der Waals surface area contributed by atoms with Gasteiger partial charge in [-0.05, 0) is 24.5 Å². The molecule has 1 fully saturated rings. The van der Waals surface area contributed by atoms with Crippen LogP contribution in [-0.4, -0.2) is 29.2 Å². The molecule has 5 nitrogen and oxygen atoms in total. The zero-order valence-corrected chi connectivity index (χ0v) is 9.01. The van der Waals surface area contributed by atoms with Crippen LogP contribution in [0.4, 0.5) is 0 Å². The molecule has 1 saturated carbocycles. The Labute approximate surface area is 93.2 Å². The summed E-state index contributed by atoms with van der Waals surface area (Å²) in [6, 6.07) is 3.35. The molecule has 0 aliphatic heterocycles. The van der Waals surface area contributed by atoms with Crippen molar-refractivity contribution in [2.75, 3.05) is 7.11 Å². The minimum absolute atomic E-state index is 0.0322. The van der Waals surface area contributed by atoms with Crippen LogP contribution in [-0.2, 0) is 10.2 Å². The Bertz CT molecular complexity index is 413. The number of nitrogens with zero attached hydrogens (tertiary/aromatic N) is 1. The zero-order valence-electron chi connectivity index (χ0n) is 9.01. The summed E-state index contributed by atoms with van der Waals surface area (Å²) in [5.41, 5.74) is 5.55. The second-order valence-electron chi connectivity index (χ2n) is 4.14. The molecule has 2 rings (SSSR count). The fraction of sp³-hybridized carbons (Fsp3) is 0.455. The third-order valence-corrected chi connectivity index (χ3v) is 3.13. The molecule has 0 atom stereocenters. The van der Waals surface area contributed by atoms with Gasteiger partial charge in [-0.25, -0.2) is 4.98 Å². The largest absolute Gasteiger partial charge is 0.481 e. The summed E-state index contributed by atoms with van der Waals surface area (Å²) < 4.78 is 4.99. The van der Waals surface area contributed by atoms with Crippen molar-refractivity contribution in [1.82, 2.24) is 4.98 Å². The second-order valence-corrected chi connectivity index (χ2v) is 4.14. The molecule has 1 aliphatic rings. The van der Waals surface area contributed by atoms with E-state index in [2.05, 4.69) is 4.98 Å². The first kappa shape index (κ1) is 10.9. The number of carboxylic acid groups (broad SMARTS) is 1. The Morgan fingerprint density at radius 3 is 2.88 bits per heavy atom. The van der Waals surface area contributed by atoms with E-state index in [4.69, 9.17) is 10.5 Å². The van der Waals surface area contributed by atoms with Crippen molar-refractivity contribution in [2.45, 2.75) is 24.3 Å². The first-order chi connectivity index (χ1) is 7.58. The zero-order chi connectivity index (χ0) is 11.8. The lowest BCUT2D eigenvalue weighted by Crippen LogP contribution is -2.54. The van der Waals surface area contributed by atoms with Crippen molar-refractivity contribution >= 4 is 5.97 Å². The highest BCUT2D eigenvalue weighted by Crippen LogP contribution is 2.43. The molecule has 86 valence electrons. The molecule has 3 N–H and O–H groups in total. The first-order valence-electron chi connectivity index (χ1n) is 5.08. The second kappa shape index (κ2) is 3.75. The summed E-state index contributed by atoms with van der Waals surface area (Å²) >= 11 is 0. The number of methoxy groups -OCH3 is 1. The summed E-state index contributed by atoms with van der Waals surface area (Å²) in [6.45, 7) is 0. The highest BCUT2D eigenvalue weighted by Gasteiger charge is 2.50. The van der Waals surface area contributed by atoms with Crippen LogP contribution in [0.25, 0.3) is 0 Å². The van der Waals surface area contributed by atoms with Gasteiger partial charge in [0.15, 0.2) is 0 Å². The molecule has 0 unspecified atom stereocenters. The fourth-order valence-corrected chi connectivity index (χ4v) is 2.19. The van der Waals surface area contributed by atoms with E-state index in [1.165, 1.54) is 7.11 Å². The van der Waals surface area contributed by atoms with E-state index < -0.39 is 11.4 Å². The Morgan fingerprint density at radius 2 is 2.38 bits per heavy atom. The number of rotatable bonds is 3. The van der Waals surface area contributed by atoms with E-state index in [1.54, 1.807) is 18.3 Å². The number of hydrogen-bond acceptors (Lipinski definition) is 4. The van der Waals surface area contributed by atoms with Crippen LogP contribution in [0.3, 0.4) is 0 Å². The topological polar surface area (TPSA) is 85.4 Å². The van der Waals surface area contributed by atoms with Crippen molar-refractivity contribution in [3.05, 3.63) is 23.9 Å². The Balaban J connectivity index is 2.37. The summed E-state index contributed by atoms with van der Waals surface area (Å²) in [5, 5.41) is 9.30. The molecule has 0 bridgehead atoms. The summed E-state index contributed by atoms with van der Waals surface area (Å²) in [7, 11) is 1.51. The Kier molecular flexibility index (Phi) is 2.55.